The van der Waals surface area contributed by atoms with E-state index < -0.39 is 0 Å². The molecule has 4 rings (SSSR count). The van der Waals surface area contributed by atoms with Gasteiger partial charge in [0.15, 0.2) is 17.3 Å². The van der Waals surface area contributed by atoms with E-state index in [0.717, 1.165) is 49.2 Å². The fourth-order valence-electron chi connectivity index (χ4n) is 4.32. The number of nitrogens with zero attached hydrogens (tertiary/aromatic N) is 4. The van der Waals surface area contributed by atoms with E-state index in [9.17, 15) is 4.79 Å². The molecule has 0 bridgehead atoms. The first-order chi connectivity index (χ1) is 14.3. The van der Waals surface area contributed by atoms with Gasteiger partial charge in [0.2, 0.25) is 5.95 Å². The van der Waals surface area contributed by atoms with Crippen molar-refractivity contribution in [1.29, 1.82) is 0 Å². The second-order valence-corrected chi connectivity index (χ2v) is 8.73. The Morgan fingerprint density at radius 3 is 2.23 bits per heavy atom. The van der Waals surface area contributed by atoms with Crippen LogP contribution in [0.2, 0.25) is 0 Å². The van der Waals surface area contributed by atoms with E-state index in [0.29, 0.717) is 29.7 Å². The average molecular weight is 412 g/mol. The van der Waals surface area contributed by atoms with Crippen molar-refractivity contribution in [3.05, 3.63) is 23.9 Å². The van der Waals surface area contributed by atoms with Crippen LogP contribution in [0.25, 0.3) is 10.9 Å². The maximum atomic E-state index is 12.1. The summed E-state index contributed by atoms with van der Waals surface area (Å²) in [6.07, 6.45) is 3.37. The molecule has 1 aliphatic heterocycles. The predicted octanol–water partition coefficient (Wildman–Crippen LogP) is 2.62. The number of methoxy groups -OCH3 is 2. The molecule has 2 heterocycles. The van der Waals surface area contributed by atoms with Crippen LogP contribution in [0, 0.1) is 5.41 Å². The Balaban J connectivity index is 1.54. The summed E-state index contributed by atoms with van der Waals surface area (Å²) in [6.45, 7) is 7.49. The summed E-state index contributed by atoms with van der Waals surface area (Å²) in [7, 11) is 3.19. The van der Waals surface area contributed by atoms with Crippen LogP contribution >= 0.6 is 0 Å². The Bertz CT molecular complexity index is 1010. The first-order valence-corrected chi connectivity index (χ1v) is 10.2. The third-order valence-electron chi connectivity index (χ3n) is 5.83. The second kappa shape index (κ2) is 7.66. The number of piperazine rings is 1. The number of hydrogen-bond acceptors (Lipinski definition) is 8. The molecule has 0 radical (unpaired) electrons. The number of hydrogen-bond donors (Lipinski definition) is 1. The minimum Gasteiger partial charge on any atom is -0.493 e. The topological polar surface area (TPSA) is 93.8 Å². The summed E-state index contributed by atoms with van der Waals surface area (Å²) in [5.41, 5.74) is 8.13. The maximum Gasteiger partial charge on any atom is 0.228 e. The number of ether oxygens (including phenoxy) is 2. The molecule has 0 saturated carbocycles. The van der Waals surface area contributed by atoms with E-state index in [4.69, 9.17) is 20.2 Å². The zero-order valence-electron chi connectivity index (χ0n) is 18.1. The van der Waals surface area contributed by atoms with Crippen LogP contribution in [0.1, 0.15) is 26.7 Å². The summed E-state index contributed by atoms with van der Waals surface area (Å²) in [5.74, 6) is 2.45. The van der Waals surface area contributed by atoms with Crippen LogP contribution in [0.4, 0.5) is 11.8 Å². The zero-order chi connectivity index (χ0) is 21.5. The molecule has 30 heavy (non-hydrogen) atoms. The molecule has 160 valence electrons. The van der Waals surface area contributed by atoms with E-state index in [1.807, 2.05) is 12.1 Å². The number of ketones is 1. The standard InChI is InChI=1S/C22H29N5O3/c1-22(2)12-14(9-15(28)13-22)26-5-7-27(8-6-26)21-24-17-11-19(30-4)18(29-3)10-16(17)20(23)25-21/h9-11H,5-8,12-13H2,1-4H3,(H2,23,24,25). The van der Waals surface area contributed by atoms with Gasteiger partial charge in [-0.1, -0.05) is 13.8 Å². The van der Waals surface area contributed by atoms with Gasteiger partial charge in [0, 0.05) is 55.8 Å². The van der Waals surface area contributed by atoms with Crippen molar-refractivity contribution in [2.75, 3.05) is 51.0 Å². The number of anilines is 2. The van der Waals surface area contributed by atoms with E-state index >= 15 is 0 Å². The summed E-state index contributed by atoms with van der Waals surface area (Å²) < 4.78 is 10.8. The van der Waals surface area contributed by atoms with Crippen LogP contribution in [-0.4, -0.2) is 61.0 Å². The Hall–Kier alpha value is -3.03. The lowest BCUT2D eigenvalue weighted by Gasteiger charge is -2.40. The van der Waals surface area contributed by atoms with Crippen molar-refractivity contribution < 1.29 is 14.3 Å². The second-order valence-electron chi connectivity index (χ2n) is 8.73. The minimum atomic E-state index is 0.0221. The number of nitrogens with two attached hydrogens (primary N) is 1. The lowest BCUT2D eigenvalue weighted by atomic mass is 9.78. The molecule has 1 aromatic carbocycles. The van der Waals surface area contributed by atoms with Crippen molar-refractivity contribution >= 4 is 28.5 Å². The van der Waals surface area contributed by atoms with Crippen LogP contribution < -0.4 is 20.1 Å². The number of benzene rings is 1. The minimum absolute atomic E-state index is 0.0221. The van der Waals surface area contributed by atoms with Crippen LogP contribution in [0.5, 0.6) is 11.5 Å². The van der Waals surface area contributed by atoms with Gasteiger partial charge in [-0.2, -0.15) is 4.98 Å². The van der Waals surface area contributed by atoms with Gasteiger partial charge in [0.1, 0.15) is 5.82 Å². The molecule has 0 amide bonds. The Morgan fingerprint density at radius 1 is 0.967 bits per heavy atom. The molecule has 2 aromatic rings. The highest BCUT2D eigenvalue weighted by Gasteiger charge is 2.31. The van der Waals surface area contributed by atoms with Gasteiger partial charge in [0.25, 0.3) is 0 Å². The van der Waals surface area contributed by atoms with Crippen molar-refractivity contribution in [1.82, 2.24) is 14.9 Å². The monoisotopic (exact) mass is 411 g/mol. The summed E-state index contributed by atoms with van der Waals surface area (Å²) in [5, 5.41) is 0.739. The van der Waals surface area contributed by atoms with Crippen LogP contribution in [0.15, 0.2) is 23.9 Å². The highest BCUT2D eigenvalue weighted by molar-refractivity contribution is 5.92. The summed E-state index contributed by atoms with van der Waals surface area (Å²) in [6, 6.07) is 3.63. The number of allylic oxidation sites excluding steroid dienone is 2. The first kappa shape index (κ1) is 20.3. The van der Waals surface area contributed by atoms with Crippen molar-refractivity contribution in [2.45, 2.75) is 26.7 Å². The molecule has 1 aromatic heterocycles. The molecule has 8 nitrogen and oxygen atoms in total. The van der Waals surface area contributed by atoms with Crippen molar-refractivity contribution in [3.8, 4) is 11.5 Å². The van der Waals surface area contributed by atoms with Crippen molar-refractivity contribution in [3.63, 3.8) is 0 Å². The van der Waals surface area contributed by atoms with Gasteiger partial charge >= 0.3 is 0 Å². The molecular weight excluding hydrogens is 382 g/mol. The number of aromatic nitrogens is 2. The van der Waals surface area contributed by atoms with E-state index in [1.54, 1.807) is 20.3 Å². The molecule has 1 fully saturated rings. The number of rotatable bonds is 4. The molecule has 0 atom stereocenters. The Kier molecular flexibility index (Phi) is 5.17. The smallest absolute Gasteiger partial charge is 0.228 e. The van der Waals surface area contributed by atoms with Gasteiger partial charge in [0.05, 0.1) is 19.7 Å². The largest absolute Gasteiger partial charge is 0.493 e. The summed E-state index contributed by atoms with van der Waals surface area (Å²) >= 11 is 0. The predicted molar refractivity (Wildman–Crippen MR) is 117 cm³/mol. The van der Waals surface area contributed by atoms with E-state index in [-0.39, 0.29) is 11.2 Å². The lowest BCUT2D eigenvalue weighted by Crippen LogP contribution is -2.47. The molecule has 0 unspecified atom stereocenters. The summed E-state index contributed by atoms with van der Waals surface area (Å²) in [4.78, 5) is 25.8. The number of fused-ring (bicyclic) bond motifs is 1. The Morgan fingerprint density at radius 2 is 1.60 bits per heavy atom. The molecule has 1 saturated heterocycles. The molecule has 0 spiro atoms. The quantitative estimate of drug-likeness (QED) is 0.821. The SMILES string of the molecule is COc1cc2nc(N3CCN(C4=CC(=O)CC(C)(C)C4)CC3)nc(N)c2cc1OC. The van der Waals surface area contributed by atoms with E-state index in [2.05, 4.69) is 28.6 Å². The highest BCUT2D eigenvalue weighted by Crippen LogP contribution is 2.36. The van der Waals surface area contributed by atoms with Gasteiger partial charge in [-0.05, 0) is 17.9 Å². The molecule has 8 heteroatoms. The third kappa shape index (κ3) is 3.86. The van der Waals surface area contributed by atoms with E-state index in [1.165, 1.54) is 0 Å². The molecule has 1 aliphatic carbocycles. The van der Waals surface area contributed by atoms with Gasteiger partial charge in [-0.15, -0.1) is 0 Å². The number of nitrogen functional groups attached to an aromatic ring is 1. The van der Waals surface area contributed by atoms with Gasteiger partial charge in [-0.3, -0.25) is 4.79 Å². The number of carbonyl (C=O) groups excluding carboxylic acids is 1. The fourth-order valence-corrected chi connectivity index (χ4v) is 4.32. The zero-order valence-corrected chi connectivity index (χ0v) is 18.1. The normalized spacial score (nSPS) is 19.1. The highest BCUT2D eigenvalue weighted by atomic mass is 16.5. The van der Waals surface area contributed by atoms with Gasteiger partial charge in [-0.25, -0.2) is 4.98 Å². The average Bonchev–Trinajstić information content (AvgIpc) is 2.71. The lowest BCUT2D eigenvalue weighted by molar-refractivity contribution is -0.117. The molecule has 2 aliphatic rings. The van der Waals surface area contributed by atoms with Crippen LogP contribution in [0.3, 0.4) is 0 Å². The van der Waals surface area contributed by atoms with Gasteiger partial charge < -0.3 is 25.0 Å². The Labute approximate surface area is 176 Å². The fraction of sp³-hybridized carbons (Fsp3) is 0.500. The first-order valence-electron chi connectivity index (χ1n) is 10.2. The maximum absolute atomic E-state index is 12.1. The van der Waals surface area contributed by atoms with Crippen molar-refractivity contribution in [2.24, 2.45) is 5.41 Å². The molecular formula is C22H29N5O3. The number of carbonyl (C=O) groups is 1. The van der Waals surface area contributed by atoms with Crippen LogP contribution in [-0.2, 0) is 4.79 Å². The molecule has 2 N–H and O–H groups in total. The third-order valence-corrected chi connectivity index (χ3v) is 5.83.